The molecule has 0 N–H and O–H groups in total. The third-order valence-electron chi connectivity index (χ3n) is 2.21. The molecule has 0 saturated carbocycles. The molecule has 2 rings (SSSR count). The van der Waals surface area contributed by atoms with Crippen molar-refractivity contribution in [2.75, 3.05) is 0 Å². The van der Waals surface area contributed by atoms with Gasteiger partial charge in [-0.25, -0.2) is 9.67 Å². The smallest absolute Gasteiger partial charge is 0.172 e. The minimum absolute atomic E-state index is 0.399. The summed E-state index contributed by atoms with van der Waals surface area (Å²) in [7, 11) is 0. The van der Waals surface area contributed by atoms with Crippen molar-refractivity contribution in [1.82, 2.24) is 14.8 Å². The molecule has 0 aliphatic heterocycles. The molecule has 0 radical (unpaired) electrons. The molecule has 0 aliphatic rings. The van der Waals surface area contributed by atoms with Gasteiger partial charge < -0.3 is 0 Å². The quantitative estimate of drug-likeness (QED) is 0.844. The molecule has 0 bridgehead atoms. The van der Waals surface area contributed by atoms with Crippen LogP contribution in [0.4, 0.5) is 0 Å². The molecule has 0 atom stereocenters. The van der Waals surface area contributed by atoms with E-state index in [1.807, 2.05) is 12.3 Å². The first kappa shape index (κ1) is 11.6. The van der Waals surface area contributed by atoms with E-state index in [0.717, 1.165) is 10.2 Å². The van der Waals surface area contributed by atoms with Gasteiger partial charge in [0, 0.05) is 16.9 Å². The Balaban J connectivity index is 2.42. The number of pyridine rings is 1. The van der Waals surface area contributed by atoms with Crippen molar-refractivity contribution in [2.24, 2.45) is 0 Å². The number of aromatic nitrogens is 3. The summed E-state index contributed by atoms with van der Waals surface area (Å²) >= 11 is 9.42. The third-order valence-corrected chi connectivity index (χ3v) is 2.92. The second kappa shape index (κ2) is 4.55. The first-order valence-electron chi connectivity index (χ1n) is 4.95. The fourth-order valence-electron chi connectivity index (χ4n) is 1.34. The van der Waals surface area contributed by atoms with Crippen LogP contribution >= 0.6 is 27.5 Å². The van der Waals surface area contributed by atoms with E-state index in [9.17, 15) is 0 Å². The highest BCUT2D eigenvalue weighted by Gasteiger charge is 2.08. The molecule has 16 heavy (non-hydrogen) atoms. The van der Waals surface area contributed by atoms with Crippen molar-refractivity contribution in [3.05, 3.63) is 39.7 Å². The van der Waals surface area contributed by atoms with Crippen LogP contribution in [0.2, 0.25) is 5.02 Å². The van der Waals surface area contributed by atoms with E-state index >= 15 is 0 Å². The number of rotatable bonds is 2. The first-order chi connectivity index (χ1) is 7.58. The topological polar surface area (TPSA) is 30.7 Å². The van der Waals surface area contributed by atoms with Crippen LogP contribution < -0.4 is 0 Å². The van der Waals surface area contributed by atoms with Crippen LogP contribution in [0, 0.1) is 0 Å². The van der Waals surface area contributed by atoms with E-state index in [4.69, 9.17) is 11.6 Å². The summed E-state index contributed by atoms with van der Waals surface area (Å²) in [5.41, 5.74) is 1.03. The molecule has 0 aliphatic carbocycles. The Morgan fingerprint density at radius 2 is 2.19 bits per heavy atom. The van der Waals surface area contributed by atoms with Gasteiger partial charge in [-0.15, -0.1) is 0 Å². The highest BCUT2D eigenvalue weighted by molar-refractivity contribution is 9.10. The van der Waals surface area contributed by atoms with Gasteiger partial charge in [-0.3, -0.25) is 0 Å². The minimum atomic E-state index is 0.399. The van der Waals surface area contributed by atoms with Gasteiger partial charge in [-0.1, -0.05) is 25.4 Å². The lowest BCUT2D eigenvalue weighted by Gasteiger charge is -2.03. The number of halogens is 2. The molecule has 0 spiro atoms. The standard InChI is InChI=1S/C11H11BrClN3/c1-7(2)10-3-4-16(15-10)11-9(13)5-8(12)6-14-11/h3-7H,1-2H3. The normalized spacial score (nSPS) is 11.1. The number of hydrogen-bond acceptors (Lipinski definition) is 2. The summed E-state index contributed by atoms with van der Waals surface area (Å²) in [4.78, 5) is 4.24. The van der Waals surface area contributed by atoms with Gasteiger partial charge in [0.15, 0.2) is 5.82 Å². The lowest BCUT2D eigenvalue weighted by atomic mass is 10.1. The fraction of sp³-hybridized carbons (Fsp3) is 0.273. The van der Waals surface area contributed by atoms with Crippen LogP contribution in [0.3, 0.4) is 0 Å². The summed E-state index contributed by atoms with van der Waals surface area (Å²) in [6.07, 6.45) is 3.58. The molecule has 84 valence electrons. The molecule has 0 aromatic carbocycles. The molecule has 2 aromatic rings. The monoisotopic (exact) mass is 299 g/mol. The lowest BCUT2D eigenvalue weighted by Crippen LogP contribution is -2.00. The van der Waals surface area contributed by atoms with Gasteiger partial charge in [0.1, 0.15) is 0 Å². The molecule has 3 nitrogen and oxygen atoms in total. The SMILES string of the molecule is CC(C)c1ccn(-c2ncc(Br)cc2Cl)n1. The van der Waals surface area contributed by atoms with Crippen LogP contribution in [-0.4, -0.2) is 14.8 Å². The Kier molecular flexibility index (Phi) is 3.30. The Morgan fingerprint density at radius 1 is 1.44 bits per heavy atom. The van der Waals surface area contributed by atoms with E-state index < -0.39 is 0 Å². The van der Waals surface area contributed by atoms with Crippen LogP contribution in [-0.2, 0) is 0 Å². The van der Waals surface area contributed by atoms with E-state index in [-0.39, 0.29) is 0 Å². The maximum absolute atomic E-state index is 6.10. The predicted octanol–water partition coefficient (Wildman–Crippen LogP) is 3.81. The van der Waals surface area contributed by atoms with Crippen molar-refractivity contribution in [3.63, 3.8) is 0 Å². The zero-order valence-corrected chi connectivity index (χ0v) is 11.3. The van der Waals surface area contributed by atoms with Crippen molar-refractivity contribution in [1.29, 1.82) is 0 Å². The van der Waals surface area contributed by atoms with Crippen LogP contribution in [0.1, 0.15) is 25.5 Å². The molecule has 0 saturated heterocycles. The molecule has 5 heteroatoms. The fourth-order valence-corrected chi connectivity index (χ4v) is 2.06. The summed E-state index contributed by atoms with van der Waals surface area (Å²) in [5, 5.41) is 5.00. The largest absolute Gasteiger partial charge is 0.235 e. The minimum Gasteiger partial charge on any atom is -0.235 e. The maximum atomic E-state index is 6.10. The predicted molar refractivity (Wildman–Crippen MR) is 68.2 cm³/mol. The molecule has 0 amide bonds. The molecule has 2 heterocycles. The average molecular weight is 301 g/mol. The van der Waals surface area contributed by atoms with Gasteiger partial charge in [0.2, 0.25) is 0 Å². The Hall–Kier alpha value is -0.870. The Bertz CT molecular complexity index is 508. The van der Waals surface area contributed by atoms with Crippen molar-refractivity contribution in [3.8, 4) is 5.82 Å². The zero-order chi connectivity index (χ0) is 11.7. The molecular formula is C11H11BrClN3. The number of hydrogen-bond donors (Lipinski definition) is 0. The Labute approximate surface area is 108 Å². The molecule has 0 fully saturated rings. The van der Waals surface area contributed by atoms with Crippen LogP contribution in [0.5, 0.6) is 0 Å². The second-order valence-electron chi connectivity index (χ2n) is 3.80. The lowest BCUT2D eigenvalue weighted by molar-refractivity contribution is 0.757. The second-order valence-corrected chi connectivity index (χ2v) is 5.12. The summed E-state index contributed by atoms with van der Waals surface area (Å²) in [6.45, 7) is 4.20. The van der Waals surface area contributed by atoms with Gasteiger partial charge in [0.05, 0.1) is 10.7 Å². The van der Waals surface area contributed by atoms with E-state index in [0.29, 0.717) is 16.8 Å². The molecule has 2 aromatic heterocycles. The van der Waals surface area contributed by atoms with Gasteiger partial charge in [0.25, 0.3) is 0 Å². The number of nitrogens with zero attached hydrogens (tertiary/aromatic N) is 3. The Morgan fingerprint density at radius 3 is 2.75 bits per heavy atom. The summed E-state index contributed by atoms with van der Waals surface area (Å²) < 4.78 is 2.56. The average Bonchev–Trinajstić information content (AvgIpc) is 2.66. The van der Waals surface area contributed by atoms with Crippen LogP contribution in [0.25, 0.3) is 5.82 Å². The first-order valence-corrected chi connectivity index (χ1v) is 6.12. The van der Waals surface area contributed by atoms with Gasteiger partial charge >= 0.3 is 0 Å². The third kappa shape index (κ3) is 2.28. The summed E-state index contributed by atoms with van der Waals surface area (Å²) in [5.74, 6) is 1.05. The van der Waals surface area contributed by atoms with E-state index in [1.54, 1.807) is 16.9 Å². The summed E-state index contributed by atoms with van der Waals surface area (Å²) in [6, 6.07) is 3.78. The van der Waals surface area contributed by atoms with Gasteiger partial charge in [-0.05, 0) is 34.0 Å². The molecule has 0 unspecified atom stereocenters. The van der Waals surface area contributed by atoms with Crippen molar-refractivity contribution in [2.45, 2.75) is 19.8 Å². The zero-order valence-electron chi connectivity index (χ0n) is 8.98. The maximum Gasteiger partial charge on any atom is 0.172 e. The van der Waals surface area contributed by atoms with E-state index in [2.05, 4.69) is 39.9 Å². The van der Waals surface area contributed by atoms with E-state index in [1.165, 1.54) is 0 Å². The van der Waals surface area contributed by atoms with Gasteiger partial charge in [-0.2, -0.15) is 5.10 Å². The highest BCUT2D eigenvalue weighted by atomic mass is 79.9. The molecular weight excluding hydrogens is 289 g/mol. The van der Waals surface area contributed by atoms with Crippen molar-refractivity contribution < 1.29 is 0 Å². The highest BCUT2D eigenvalue weighted by Crippen LogP contribution is 2.22. The van der Waals surface area contributed by atoms with Crippen molar-refractivity contribution >= 4 is 27.5 Å². The van der Waals surface area contributed by atoms with Crippen LogP contribution in [0.15, 0.2) is 29.0 Å².